The Morgan fingerprint density at radius 3 is 2.15 bits per heavy atom. The van der Waals surface area contributed by atoms with Crippen LogP contribution in [0.4, 0.5) is 0 Å². The number of likely N-dealkylation sites (N-methyl/N-ethyl adjacent to an activating group) is 1. The molecule has 0 aromatic carbocycles. The van der Waals surface area contributed by atoms with Gasteiger partial charge in [0.25, 0.3) is 0 Å². The molecular weight excluding hydrogens is 207 g/mol. The first-order chi connectivity index (χ1) is 5.26. The molecule has 2 aliphatic rings. The van der Waals surface area contributed by atoms with Gasteiger partial charge in [-0.05, 0) is 45.8 Å². The molecule has 0 aromatic heterocycles. The van der Waals surface area contributed by atoms with Gasteiger partial charge in [-0.1, -0.05) is 0 Å². The molecule has 1 unspecified atom stereocenters. The van der Waals surface area contributed by atoms with Crippen LogP contribution >= 0.6 is 24.8 Å². The molecule has 1 aliphatic heterocycles. The van der Waals surface area contributed by atoms with E-state index in [-0.39, 0.29) is 24.8 Å². The van der Waals surface area contributed by atoms with Crippen LogP contribution in [0.2, 0.25) is 0 Å². The molecule has 2 rings (SSSR count). The Morgan fingerprint density at radius 2 is 1.85 bits per heavy atom. The molecule has 1 heterocycles. The third kappa shape index (κ3) is 2.30. The summed E-state index contributed by atoms with van der Waals surface area (Å²) in [7, 11) is 4.46. The second-order valence-electron chi connectivity index (χ2n) is 4.20. The van der Waals surface area contributed by atoms with Gasteiger partial charge < -0.3 is 10.2 Å². The fourth-order valence-electron chi connectivity index (χ4n) is 2.41. The molecule has 1 saturated carbocycles. The van der Waals surface area contributed by atoms with Crippen molar-refractivity contribution in [2.75, 3.05) is 27.2 Å². The van der Waals surface area contributed by atoms with Crippen LogP contribution in [0.25, 0.3) is 0 Å². The zero-order chi connectivity index (χ0) is 7.90. The van der Waals surface area contributed by atoms with E-state index >= 15 is 0 Å². The molecule has 0 bridgehead atoms. The first kappa shape index (κ1) is 13.5. The minimum Gasteiger partial charge on any atom is -0.315 e. The molecule has 0 aromatic rings. The third-order valence-electron chi connectivity index (χ3n) is 3.39. The lowest BCUT2D eigenvalue weighted by atomic mass is 9.91. The fourth-order valence-corrected chi connectivity index (χ4v) is 2.41. The van der Waals surface area contributed by atoms with Crippen molar-refractivity contribution in [1.82, 2.24) is 10.2 Å². The van der Waals surface area contributed by atoms with E-state index in [1.165, 1.54) is 32.4 Å². The van der Waals surface area contributed by atoms with Crippen LogP contribution in [0.15, 0.2) is 0 Å². The van der Waals surface area contributed by atoms with Crippen LogP contribution in [-0.2, 0) is 0 Å². The van der Waals surface area contributed by atoms with E-state index in [4.69, 9.17) is 0 Å². The van der Waals surface area contributed by atoms with E-state index in [0.29, 0.717) is 5.54 Å². The zero-order valence-corrected chi connectivity index (χ0v) is 10.0. The Bertz CT molecular complexity index is 148. The van der Waals surface area contributed by atoms with Gasteiger partial charge in [0, 0.05) is 12.1 Å². The first-order valence-electron chi connectivity index (χ1n) is 4.64. The largest absolute Gasteiger partial charge is 0.315 e. The number of rotatable bonds is 2. The van der Waals surface area contributed by atoms with Crippen LogP contribution in [0.1, 0.15) is 19.3 Å². The van der Waals surface area contributed by atoms with Gasteiger partial charge in [-0.3, -0.25) is 0 Å². The van der Waals surface area contributed by atoms with Crippen molar-refractivity contribution in [2.24, 2.45) is 5.92 Å². The van der Waals surface area contributed by atoms with Crippen molar-refractivity contribution in [2.45, 2.75) is 24.8 Å². The zero-order valence-electron chi connectivity index (χ0n) is 8.38. The molecule has 0 radical (unpaired) electrons. The van der Waals surface area contributed by atoms with E-state index in [9.17, 15) is 0 Å². The van der Waals surface area contributed by atoms with E-state index in [2.05, 4.69) is 24.3 Å². The summed E-state index contributed by atoms with van der Waals surface area (Å²) >= 11 is 0. The smallest absolute Gasteiger partial charge is 0.0368 e. The number of hydrogen-bond acceptors (Lipinski definition) is 2. The highest BCUT2D eigenvalue weighted by atomic mass is 35.5. The van der Waals surface area contributed by atoms with Gasteiger partial charge in [0.1, 0.15) is 0 Å². The number of halogens is 2. The van der Waals surface area contributed by atoms with Crippen LogP contribution in [0.5, 0.6) is 0 Å². The van der Waals surface area contributed by atoms with Crippen LogP contribution < -0.4 is 5.32 Å². The lowest BCUT2D eigenvalue weighted by Gasteiger charge is -2.35. The summed E-state index contributed by atoms with van der Waals surface area (Å²) in [5, 5.41) is 3.47. The fraction of sp³-hybridized carbons (Fsp3) is 1.00. The molecular formula is C9H20Cl2N2. The topological polar surface area (TPSA) is 15.3 Å². The van der Waals surface area contributed by atoms with Crippen molar-refractivity contribution in [3.05, 3.63) is 0 Å². The molecule has 0 spiro atoms. The maximum Gasteiger partial charge on any atom is 0.0368 e. The summed E-state index contributed by atoms with van der Waals surface area (Å²) in [4.78, 5) is 2.44. The number of nitrogens with one attached hydrogen (secondary N) is 1. The average Bonchev–Trinajstić information content (AvgIpc) is 2.69. The van der Waals surface area contributed by atoms with Gasteiger partial charge in [0.2, 0.25) is 0 Å². The molecule has 2 fully saturated rings. The highest BCUT2D eigenvalue weighted by Gasteiger charge is 2.48. The number of nitrogens with zero attached hydrogens (tertiary/aromatic N) is 1. The van der Waals surface area contributed by atoms with Crippen LogP contribution in [0.3, 0.4) is 0 Å². The normalized spacial score (nSPS) is 32.5. The molecule has 1 saturated heterocycles. The Balaban J connectivity index is 0.000000720. The summed E-state index contributed by atoms with van der Waals surface area (Å²) in [6.45, 7) is 2.43. The van der Waals surface area contributed by atoms with Gasteiger partial charge >= 0.3 is 0 Å². The SMILES string of the molecule is CN(C)C1(C2CC2)CCNC1.Cl.Cl. The molecule has 80 valence electrons. The van der Waals surface area contributed by atoms with E-state index in [1.54, 1.807) is 0 Å². The summed E-state index contributed by atoms with van der Waals surface area (Å²) in [5.41, 5.74) is 0.528. The minimum atomic E-state index is 0. The van der Waals surface area contributed by atoms with E-state index < -0.39 is 0 Å². The van der Waals surface area contributed by atoms with Crippen LogP contribution in [0, 0.1) is 5.92 Å². The van der Waals surface area contributed by atoms with Crippen molar-refractivity contribution >= 4 is 24.8 Å². The monoisotopic (exact) mass is 226 g/mol. The summed E-state index contributed by atoms with van der Waals surface area (Å²) < 4.78 is 0. The van der Waals surface area contributed by atoms with E-state index in [0.717, 1.165) is 5.92 Å². The molecule has 2 nitrogen and oxygen atoms in total. The molecule has 1 aliphatic carbocycles. The maximum absolute atomic E-state index is 3.47. The van der Waals surface area contributed by atoms with Gasteiger partial charge in [-0.2, -0.15) is 0 Å². The van der Waals surface area contributed by atoms with Crippen LogP contribution in [-0.4, -0.2) is 37.6 Å². The second-order valence-corrected chi connectivity index (χ2v) is 4.20. The molecule has 1 atom stereocenters. The lowest BCUT2D eigenvalue weighted by molar-refractivity contribution is 0.145. The Kier molecular flexibility index (Phi) is 5.02. The van der Waals surface area contributed by atoms with E-state index in [1.807, 2.05) is 0 Å². The van der Waals surface area contributed by atoms with Crippen molar-refractivity contribution in [3.63, 3.8) is 0 Å². The van der Waals surface area contributed by atoms with Crippen molar-refractivity contribution in [3.8, 4) is 0 Å². The van der Waals surface area contributed by atoms with Crippen molar-refractivity contribution in [1.29, 1.82) is 0 Å². The van der Waals surface area contributed by atoms with Gasteiger partial charge in [-0.15, -0.1) is 24.8 Å². The highest BCUT2D eigenvalue weighted by Crippen LogP contribution is 2.45. The minimum absolute atomic E-state index is 0. The standard InChI is InChI=1S/C9H18N2.2ClH/c1-11(2)9(8-3-4-8)5-6-10-7-9;;/h8,10H,3-7H2,1-2H3;2*1H. The lowest BCUT2D eigenvalue weighted by Crippen LogP contribution is -2.48. The highest BCUT2D eigenvalue weighted by molar-refractivity contribution is 5.85. The quantitative estimate of drug-likeness (QED) is 0.769. The predicted octanol–water partition coefficient (Wildman–Crippen LogP) is 1.53. The Labute approximate surface area is 93.3 Å². The number of hydrogen-bond donors (Lipinski definition) is 1. The molecule has 13 heavy (non-hydrogen) atoms. The first-order valence-corrected chi connectivity index (χ1v) is 4.64. The van der Waals surface area contributed by atoms with Gasteiger partial charge in [0.05, 0.1) is 0 Å². The molecule has 0 amide bonds. The second kappa shape index (κ2) is 4.83. The summed E-state index contributed by atoms with van der Waals surface area (Å²) in [6.07, 6.45) is 4.27. The molecule has 4 heteroatoms. The van der Waals surface area contributed by atoms with Crippen molar-refractivity contribution < 1.29 is 0 Å². The maximum atomic E-state index is 3.47. The Morgan fingerprint density at radius 1 is 1.23 bits per heavy atom. The summed E-state index contributed by atoms with van der Waals surface area (Å²) in [6, 6.07) is 0. The third-order valence-corrected chi connectivity index (χ3v) is 3.39. The van der Waals surface area contributed by atoms with Gasteiger partial charge in [-0.25, -0.2) is 0 Å². The summed E-state index contributed by atoms with van der Waals surface area (Å²) in [5.74, 6) is 0.993. The predicted molar refractivity (Wildman–Crippen MR) is 61.1 cm³/mol. The average molecular weight is 227 g/mol. The van der Waals surface area contributed by atoms with Gasteiger partial charge in [0.15, 0.2) is 0 Å². The Hall–Kier alpha value is 0.500. The molecule has 1 N–H and O–H groups in total.